The zero-order valence-corrected chi connectivity index (χ0v) is 6.11. The minimum Gasteiger partial charge on any atom is -0.302 e. The molecule has 1 aliphatic heterocycles. The molecule has 1 aliphatic rings. The Bertz CT molecular complexity index is 63.1. The van der Waals surface area contributed by atoms with Gasteiger partial charge in [0.2, 0.25) is 0 Å². The molecule has 1 heterocycles. The normalized spacial score (nSPS) is 32.6. The number of hydrogen-bond donors (Lipinski definition) is 0. The summed E-state index contributed by atoms with van der Waals surface area (Å²) < 4.78 is 0. The molecule has 0 unspecified atom stereocenters. The second kappa shape index (κ2) is 2.14. The Balaban J connectivity index is 2.16. The standard InChI is InChI=1S/C5H10BrN/c1-7-3-2-5(7)4-6/h5H,2-4H2,1H3/t5-/m1/s1. The fourth-order valence-electron chi connectivity index (χ4n) is 0.765. The molecule has 42 valence electrons. The number of likely N-dealkylation sites (tertiary alicyclic amines) is 1. The van der Waals surface area contributed by atoms with Crippen LogP contribution in [0.4, 0.5) is 0 Å². The van der Waals surface area contributed by atoms with Crippen molar-refractivity contribution in [3.05, 3.63) is 0 Å². The largest absolute Gasteiger partial charge is 0.302 e. The smallest absolute Gasteiger partial charge is 0.0201 e. The van der Waals surface area contributed by atoms with Gasteiger partial charge in [0.05, 0.1) is 0 Å². The zero-order valence-electron chi connectivity index (χ0n) is 4.52. The van der Waals surface area contributed by atoms with E-state index in [0.717, 1.165) is 11.4 Å². The molecular formula is C5H10BrN. The zero-order chi connectivity index (χ0) is 5.28. The average Bonchev–Trinajstić information content (AvgIpc) is 1.65. The highest BCUT2D eigenvalue weighted by molar-refractivity contribution is 9.09. The van der Waals surface area contributed by atoms with Gasteiger partial charge in [0.1, 0.15) is 0 Å². The maximum atomic E-state index is 3.42. The van der Waals surface area contributed by atoms with Gasteiger partial charge in [-0.25, -0.2) is 0 Å². The molecule has 0 spiro atoms. The van der Waals surface area contributed by atoms with E-state index in [2.05, 4.69) is 27.9 Å². The third kappa shape index (κ3) is 0.970. The molecule has 7 heavy (non-hydrogen) atoms. The molecule has 1 atom stereocenters. The van der Waals surface area contributed by atoms with E-state index in [1.54, 1.807) is 0 Å². The van der Waals surface area contributed by atoms with Crippen LogP contribution in [-0.2, 0) is 0 Å². The highest BCUT2D eigenvalue weighted by atomic mass is 79.9. The quantitative estimate of drug-likeness (QED) is 0.524. The SMILES string of the molecule is CN1CC[C@@H]1CBr. The summed E-state index contributed by atoms with van der Waals surface area (Å²) >= 11 is 3.42. The summed E-state index contributed by atoms with van der Waals surface area (Å²) in [5.74, 6) is 0. The minimum atomic E-state index is 0.833. The van der Waals surface area contributed by atoms with Crippen LogP contribution in [0.25, 0.3) is 0 Å². The Hall–Kier alpha value is 0.440. The lowest BCUT2D eigenvalue weighted by atomic mass is 10.1. The van der Waals surface area contributed by atoms with Gasteiger partial charge in [-0.05, 0) is 20.0 Å². The molecule has 0 aromatic heterocycles. The Kier molecular flexibility index (Phi) is 1.70. The maximum absolute atomic E-state index is 3.42. The molecule has 0 aliphatic carbocycles. The number of nitrogens with zero attached hydrogens (tertiary/aromatic N) is 1. The van der Waals surface area contributed by atoms with Crippen molar-refractivity contribution in [2.45, 2.75) is 12.5 Å². The summed E-state index contributed by atoms with van der Waals surface area (Å²) in [6, 6.07) is 0.833. The first-order valence-corrected chi connectivity index (χ1v) is 3.73. The van der Waals surface area contributed by atoms with Crippen LogP contribution in [0, 0.1) is 0 Å². The van der Waals surface area contributed by atoms with E-state index in [0.29, 0.717) is 0 Å². The topological polar surface area (TPSA) is 3.24 Å². The van der Waals surface area contributed by atoms with E-state index in [-0.39, 0.29) is 0 Å². The van der Waals surface area contributed by atoms with Gasteiger partial charge in [0.15, 0.2) is 0 Å². The van der Waals surface area contributed by atoms with Crippen LogP contribution < -0.4 is 0 Å². The van der Waals surface area contributed by atoms with Crippen LogP contribution in [-0.4, -0.2) is 29.9 Å². The molecule has 1 fully saturated rings. The Labute approximate surface area is 52.8 Å². The Morgan fingerprint density at radius 3 is 2.57 bits per heavy atom. The first kappa shape index (κ1) is 5.57. The van der Waals surface area contributed by atoms with Gasteiger partial charge in [-0.1, -0.05) is 15.9 Å². The summed E-state index contributed by atoms with van der Waals surface area (Å²) in [4.78, 5) is 2.36. The van der Waals surface area contributed by atoms with Crippen molar-refractivity contribution in [3.63, 3.8) is 0 Å². The second-order valence-corrected chi connectivity index (χ2v) is 2.72. The van der Waals surface area contributed by atoms with Crippen molar-refractivity contribution in [2.24, 2.45) is 0 Å². The van der Waals surface area contributed by atoms with Crippen LogP contribution in [0.2, 0.25) is 0 Å². The van der Waals surface area contributed by atoms with E-state index >= 15 is 0 Å². The Morgan fingerprint density at radius 2 is 2.57 bits per heavy atom. The predicted molar refractivity (Wildman–Crippen MR) is 34.8 cm³/mol. The molecule has 0 aromatic rings. The molecule has 1 saturated heterocycles. The predicted octanol–water partition coefficient (Wildman–Crippen LogP) is 1.09. The summed E-state index contributed by atoms with van der Waals surface area (Å²) in [5, 5.41) is 1.14. The number of hydrogen-bond acceptors (Lipinski definition) is 1. The summed E-state index contributed by atoms with van der Waals surface area (Å²) in [6.45, 7) is 1.29. The van der Waals surface area contributed by atoms with E-state index < -0.39 is 0 Å². The van der Waals surface area contributed by atoms with Gasteiger partial charge < -0.3 is 4.90 Å². The number of rotatable bonds is 1. The van der Waals surface area contributed by atoms with Gasteiger partial charge in [-0.15, -0.1) is 0 Å². The molecule has 1 rings (SSSR count). The lowest BCUT2D eigenvalue weighted by molar-refractivity contribution is 0.147. The molecule has 2 heteroatoms. The van der Waals surface area contributed by atoms with Gasteiger partial charge in [0.25, 0.3) is 0 Å². The fourth-order valence-corrected chi connectivity index (χ4v) is 1.58. The van der Waals surface area contributed by atoms with Crippen molar-refractivity contribution >= 4 is 15.9 Å². The maximum Gasteiger partial charge on any atom is 0.0201 e. The monoisotopic (exact) mass is 163 g/mol. The lowest BCUT2D eigenvalue weighted by Gasteiger charge is -2.36. The van der Waals surface area contributed by atoms with Gasteiger partial charge in [-0.2, -0.15) is 0 Å². The lowest BCUT2D eigenvalue weighted by Crippen LogP contribution is -2.45. The first-order valence-electron chi connectivity index (χ1n) is 2.61. The molecular weight excluding hydrogens is 154 g/mol. The van der Waals surface area contributed by atoms with Crippen molar-refractivity contribution in [3.8, 4) is 0 Å². The summed E-state index contributed by atoms with van der Waals surface area (Å²) in [5.41, 5.74) is 0. The van der Waals surface area contributed by atoms with Gasteiger partial charge >= 0.3 is 0 Å². The van der Waals surface area contributed by atoms with Gasteiger partial charge in [-0.3, -0.25) is 0 Å². The van der Waals surface area contributed by atoms with E-state index in [9.17, 15) is 0 Å². The van der Waals surface area contributed by atoms with Crippen molar-refractivity contribution < 1.29 is 0 Å². The number of halogens is 1. The molecule has 1 nitrogen and oxygen atoms in total. The van der Waals surface area contributed by atoms with Crippen molar-refractivity contribution in [1.29, 1.82) is 0 Å². The highest BCUT2D eigenvalue weighted by Crippen LogP contribution is 2.15. The van der Waals surface area contributed by atoms with Crippen LogP contribution in [0.3, 0.4) is 0 Å². The van der Waals surface area contributed by atoms with Crippen LogP contribution in [0.5, 0.6) is 0 Å². The number of alkyl halides is 1. The molecule has 0 amide bonds. The van der Waals surface area contributed by atoms with E-state index in [1.807, 2.05) is 0 Å². The first-order chi connectivity index (χ1) is 3.34. The molecule has 0 saturated carbocycles. The van der Waals surface area contributed by atoms with Crippen molar-refractivity contribution in [1.82, 2.24) is 4.90 Å². The van der Waals surface area contributed by atoms with Crippen LogP contribution in [0.1, 0.15) is 6.42 Å². The fraction of sp³-hybridized carbons (Fsp3) is 1.00. The molecule has 0 radical (unpaired) electrons. The van der Waals surface area contributed by atoms with Gasteiger partial charge in [0, 0.05) is 11.4 Å². The average molecular weight is 164 g/mol. The van der Waals surface area contributed by atoms with E-state index in [1.165, 1.54) is 13.0 Å². The van der Waals surface area contributed by atoms with E-state index in [4.69, 9.17) is 0 Å². The minimum absolute atomic E-state index is 0.833. The summed E-state index contributed by atoms with van der Waals surface area (Å²) in [7, 11) is 2.16. The Morgan fingerprint density at radius 1 is 1.86 bits per heavy atom. The third-order valence-electron chi connectivity index (χ3n) is 1.62. The van der Waals surface area contributed by atoms with Crippen LogP contribution in [0.15, 0.2) is 0 Å². The molecule has 0 aromatic carbocycles. The second-order valence-electron chi connectivity index (χ2n) is 2.08. The van der Waals surface area contributed by atoms with Crippen LogP contribution >= 0.6 is 15.9 Å². The summed E-state index contributed by atoms with van der Waals surface area (Å²) in [6.07, 6.45) is 1.38. The highest BCUT2D eigenvalue weighted by Gasteiger charge is 2.21. The van der Waals surface area contributed by atoms with Crippen molar-refractivity contribution in [2.75, 3.05) is 18.9 Å². The molecule has 0 N–H and O–H groups in total. The third-order valence-corrected chi connectivity index (χ3v) is 2.36. The molecule has 0 bridgehead atoms.